The quantitative estimate of drug-likeness (QED) is 0.810. The van der Waals surface area contributed by atoms with E-state index in [0.29, 0.717) is 12.6 Å². The first-order chi connectivity index (χ1) is 7.79. The van der Waals surface area contributed by atoms with Gasteiger partial charge in [-0.1, -0.05) is 6.07 Å². The van der Waals surface area contributed by atoms with Crippen molar-refractivity contribution in [1.82, 2.24) is 9.88 Å². The summed E-state index contributed by atoms with van der Waals surface area (Å²) >= 11 is 0. The van der Waals surface area contributed by atoms with Crippen molar-refractivity contribution < 1.29 is 4.74 Å². The maximum absolute atomic E-state index is 5.74. The molecule has 16 heavy (non-hydrogen) atoms. The molecule has 2 N–H and O–H groups in total. The number of hydrogen-bond acceptors (Lipinski definition) is 4. The van der Waals surface area contributed by atoms with Gasteiger partial charge in [0.05, 0.1) is 18.9 Å². The molecule has 2 heterocycles. The smallest absolute Gasteiger partial charge is 0.0634 e. The first-order valence-electron chi connectivity index (χ1n) is 5.74. The number of aromatic nitrogens is 1. The van der Waals surface area contributed by atoms with Gasteiger partial charge in [0.2, 0.25) is 0 Å². The molecule has 88 valence electrons. The van der Waals surface area contributed by atoms with E-state index >= 15 is 0 Å². The molecule has 0 bridgehead atoms. The van der Waals surface area contributed by atoms with Crippen LogP contribution in [0.5, 0.6) is 0 Å². The van der Waals surface area contributed by atoms with Crippen molar-refractivity contribution >= 4 is 0 Å². The topological polar surface area (TPSA) is 51.4 Å². The van der Waals surface area contributed by atoms with Crippen LogP contribution < -0.4 is 5.73 Å². The second-order valence-electron chi connectivity index (χ2n) is 4.21. The Balaban J connectivity index is 2.02. The zero-order valence-electron chi connectivity index (χ0n) is 9.72. The second-order valence-corrected chi connectivity index (χ2v) is 4.21. The summed E-state index contributed by atoms with van der Waals surface area (Å²) in [5.41, 5.74) is 7.91. The Hall–Kier alpha value is -0.970. The van der Waals surface area contributed by atoms with E-state index in [-0.39, 0.29) is 0 Å². The van der Waals surface area contributed by atoms with E-state index in [4.69, 9.17) is 10.5 Å². The summed E-state index contributed by atoms with van der Waals surface area (Å²) in [6.45, 7) is 6.00. The molecule has 1 aromatic heterocycles. The van der Waals surface area contributed by atoms with Crippen LogP contribution in [-0.2, 0) is 11.3 Å². The third-order valence-corrected chi connectivity index (χ3v) is 2.93. The van der Waals surface area contributed by atoms with Gasteiger partial charge < -0.3 is 10.5 Å². The van der Waals surface area contributed by atoms with Gasteiger partial charge in [-0.05, 0) is 19.1 Å². The number of aryl methyl sites for hydroxylation is 1. The minimum atomic E-state index is 0.330. The predicted octanol–water partition coefficient (Wildman–Crippen LogP) is 0.550. The zero-order valence-corrected chi connectivity index (χ0v) is 9.72. The molecule has 4 nitrogen and oxygen atoms in total. The highest BCUT2D eigenvalue weighted by Crippen LogP contribution is 2.10. The molecule has 4 heteroatoms. The molecule has 0 amide bonds. The van der Waals surface area contributed by atoms with E-state index in [1.807, 2.05) is 13.0 Å². The zero-order chi connectivity index (χ0) is 11.4. The Morgan fingerprint density at radius 3 is 3.19 bits per heavy atom. The lowest BCUT2D eigenvalue weighted by Crippen LogP contribution is -2.48. The Kier molecular flexibility index (Phi) is 3.88. The normalized spacial score (nSPS) is 22.2. The average molecular weight is 221 g/mol. The monoisotopic (exact) mass is 221 g/mol. The average Bonchev–Trinajstić information content (AvgIpc) is 2.30. The van der Waals surface area contributed by atoms with Crippen molar-refractivity contribution in [2.45, 2.75) is 19.5 Å². The Morgan fingerprint density at radius 2 is 2.44 bits per heavy atom. The van der Waals surface area contributed by atoms with Crippen molar-refractivity contribution in [1.29, 1.82) is 0 Å². The van der Waals surface area contributed by atoms with Crippen LogP contribution in [0.2, 0.25) is 0 Å². The number of ether oxygens (including phenoxy) is 1. The van der Waals surface area contributed by atoms with Crippen molar-refractivity contribution in [3.63, 3.8) is 0 Å². The summed E-state index contributed by atoms with van der Waals surface area (Å²) in [7, 11) is 0. The molecule has 1 saturated heterocycles. The summed E-state index contributed by atoms with van der Waals surface area (Å²) in [4.78, 5) is 6.87. The molecule has 0 aliphatic carbocycles. The van der Waals surface area contributed by atoms with E-state index in [2.05, 4.69) is 22.0 Å². The third kappa shape index (κ3) is 2.78. The molecule has 1 aliphatic rings. The van der Waals surface area contributed by atoms with Gasteiger partial charge in [0.1, 0.15) is 0 Å². The van der Waals surface area contributed by atoms with E-state index in [9.17, 15) is 0 Å². The number of morpholine rings is 1. The highest BCUT2D eigenvalue weighted by molar-refractivity contribution is 5.10. The molecule has 0 spiro atoms. The maximum atomic E-state index is 5.74. The van der Waals surface area contributed by atoms with Gasteiger partial charge >= 0.3 is 0 Å². The number of pyridine rings is 1. The highest BCUT2D eigenvalue weighted by Gasteiger charge is 2.21. The lowest BCUT2D eigenvalue weighted by Gasteiger charge is -2.34. The maximum Gasteiger partial charge on any atom is 0.0634 e. The first-order valence-corrected chi connectivity index (χ1v) is 5.74. The molecule has 0 radical (unpaired) electrons. The summed E-state index contributed by atoms with van der Waals surface area (Å²) in [5, 5.41) is 0. The standard InChI is InChI=1S/C12H19N3O/c1-10-3-2-4-11(14-10)8-15-5-6-16-9-12(15)7-13/h2-4,12H,5-9,13H2,1H3. The Bertz CT molecular complexity index is 343. The molecular weight excluding hydrogens is 202 g/mol. The van der Waals surface area contributed by atoms with Gasteiger partial charge in [0.15, 0.2) is 0 Å². The predicted molar refractivity (Wildman–Crippen MR) is 63.0 cm³/mol. The SMILES string of the molecule is Cc1cccc(CN2CCOCC2CN)n1. The summed E-state index contributed by atoms with van der Waals surface area (Å²) in [6, 6.07) is 6.46. The third-order valence-electron chi connectivity index (χ3n) is 2.93. The van der Waals surface area contributed by atoms with Crippen molar-refractivity contribution in [3.8, 4) is 0 Å². The van der Waals surface area contributed by atoms with Crippen LogP contribution in [0.15, 0.2) is 18.2 Å². The van der Waals surface area contributed by atoms with E-state index in [1.165, 1.54) is 0 Å². The molecule has 1 unspecified atom stereocenters. The lowest BCUT2D eigenvalue weighted by atomic mass is 10.2. The van der Waals surface area contributed by atoms with Gasteiger partial charge in [-0.15, -0.1) is 0 Å². The molecule has 1 fully saturated rings. The van der Waals surface area contributed by atoms with Gasteiger partial charge in [-0.25, -0.2) is 0 Å². The fourth-order valence-corrected chi connectivity index (χ4v) is 2.01. The van der Waals surface area contributed by atoms with Crippen LogP contribution >= 0.6 is 0 Å². The molecule has 1 atom stereocenters. The fourth-order valence-electron chi connectivity index (χ4n) is 2.01. The Labute approximate surface area is 96.4 Å². The molecule has 1 aromatic rings. The number of rotatable bonds is 3. The summed E-state index contributed by atoms with van der Waals surface area (Å²) in [5.74, 6) is 0. The van der Waals surface area contributed by atoms with E-state index in [1.54, 1.807) is 0 Å². The first kappa shape index (κ1) is 11.5. The lowest BCUT2D eigenvalue weighted by molar-refractivity contribution is -0.00847. The molecule has 1 aliphatic heterocycles. The van der Waals surface area contributed by atoms with Crippen LogP contribution in [0.4, 0.5) is 0 Å². The molecule has 0 aromatic carbocycles. The Morgan fingerprint density at radius 1 is 1.56 bits per heavy atom. The van der Waals surface area contributed by atoms with E-state index in [0.717, 1.165) is 37.7 Å². The molecular formula is C12H19N3O. The van der Waals surface area contributed by atoms with Crippen LogP contribution in [0.3, 0.4) is 0 Å². The largest absolute Gasteiger partial charge is 0.378 e. The van der Waals surface area contributed by atoms with Crippen LogP contribution in [0.1, 0.15) is 11.4 Å². The van der Waals surface area contributed by atoms with Crippen LogP contribution in [0, 0.1) is 6.92 Å². The number of nitrogens with two attached hydrogens (primary N) is 1. The van der Waals surface area contributed by atoms with Crippen molar-refractivity contribution in [2.75, 3.05) is 26.3 Å². The second kappa shape index (κ2) is 5.39. The van der Waals surface area contributed by atoms with Crippen molar-refractivity contribution in [3.05, 3.63) is 29.6 Å². The molecule has 2 rings (SSSR count). The minimum absolute atomic E-state index is 0.330. The summed E-state index contributed by atoms with van der Waals surface area (Å²) in [6.07, 6.45) is 0. The van der Waals surface area contributed by atoms with Gasteiger partial charge in [-0.3, -0.25) is 9.88 Å². The number of hydrogen-bond donors (Lipinski definition) is 1. The number of nitrogens with zero attached hydrogens (tertiary/aromatic N) is 2. The fraction of sp³-hybridized carbons (Fsp3) is 0.583. The molecule has 0 saturated carbocycles. The minimum Gasteiger partial charge on any atom is -0.378 e. The van der Waals surface area contributed by atoms with E-state index < -0.39 is 0 Å². The highest BCUT2D eigenvalue weighted by atomic mass is 16.5. The summed E-state index contributed by atoms with van der Waals surface area (Å²) < 4.78 is 5.42. The van der Waals surface area contributed by atoms with Crippen molar-refractivity contribution in [2.24, 2.45) is 5.73 Å². The van der Waals surface area contributed by atoms with Crippen LogP contribution in [0.25, 0.3) is 0 Å². The van der Waals surface area contributed by atoms with Gasteiger partial charge in [0.25, 0.3) is 0 Å². The van der Waals surface area contributed by atoms with Crippen LogP contribution in [-0.4, -0.2) is 42.2 Å². The van der Waals surface area contributed by atoms with Gasteiger partial charge in [0, 0.05) is 31.4 Å². The van der Waals surface area contributed by atoms with Gasteiger partial charge in [-0.2, -0.15) is 0 Å².